The Hall–Kier alpha value is -1.44. The first kappa shape index (κ1) is 10.1. The number of rotatable bonds is 2. The highest BCUT2D eigenvalue weighted by molar-refractivity contribution is 7.18. The first-order chi connectivity index (χ1) is 7.16. The third-order valence-corrected chi connectivity index (χ3v) is 2.70. The van der Waals surface area contributed by atoms with Gasteiger partial charge < -0.3 is 15.8 Å². The van der Waals surface area contributed by atoms with E-state index in [1.807, 2.05) is 0 Å². The van der Waals surface area contributed by atoms with Gasteiger partial charge in [0.15, 0.2) is 0 Å². The molecule has 0 atom stereocenters. The molecule has 15 heavy (non-hydrogen) atoms. The van der Waals surface area contributed by atoms with Gasteiger partial charge in [-0.25, -0.2) is 0 Å². The van der Waals surface area contributed by atoms with Crippen LogP contribution in [0, 0.1) is 0 Å². The van der Waals surface area contributed by atoms with E-state index < -0.39 is 7.12 Å². The summed E-state index contributed by atoms with van der Waals surface area (Å²) in [6.45, 7) is 0. The Labute approximate surface area is 90.4 Å². The van der Waals surface area contributed by atoms with Gasteiger partial charge in [0.05, 0.1) is 0 Å². The maximum atomic E-state index is 8.90. The molecule has 1 aromatic carbocycles. The number of aromatic nitrogens is 2. The fourth-order valence-electron chi connectivity index (χ4n) is 1.15. The molecule has 76 valence electrons. The SMILES string of the molecule is Nc1nnc(-c2ccc(B(O)O)cc2)s1. The van der Waals surface area contributed by atoms with Crippen LogP contribution in [0.5, 0.6) is 0 Å². The zero-order valence-corrected chi connectivity index (χ0v) is 8.48. The van der Waals surface area contributed by atoms with Crippen LogP contribution in [0.1, 0.15) is 0 Å². The van der Waals surface area contributed by atoms with Crippen molar-refractivity contribution in [1.82, 2.24) is 10.2 Å². The standard InChI is InChI=1S/C8H8BN3O2S/c10-8-12-11-7(15-8)5-1-3-6(4-2-5)9(13)14/h1-4,13-14H,(H2,10,12). The van der Waals surface area contributed by atoms with Crippen LogP contribution in [0.3, 0.4) is 0 Å². The summed E-state index contributed by atoms with van der Waals surface area (Å²) in [4.78, 5) is 0. The molecule has 0 fully saturated rings. The molecule has 7 heteroatoms. The summed E-state index contributed by atoms with van der Waals surface area (Å²) in [5.41, 5.74) is 6.76. The predicted molar refractivity (Wildman–Crippen MR) is 59.6 cm³/mol. The summed E-state index contributed by atoms with van der Waals surface area (Å²) < 4.78 is 0. The number of hydrogen-bond donors (Lipinski definition) is 3. The van der Waals surface area contributed by atoms with Crippen molar-refractivity contribution in [2.75, 3.05) is 5.73 Å². The largest absolute Gasteiger partial charge is 0.488 e. The van der Waals surface area contributed by atoms with E-state index in [-0.39, 0.29) is 0 Å². The van der Waals surface area contributed by atoms with Gasteiger partial charge in [0, 0.05) is 5.56 Å². The van der Waals surface area contributed by atoms with E-state index in [0.717, 1.165) is 5.56 Å². The molecule has 0 saturated carbocycles. The van der Waals surface area contributed by atoms with Gasteiger partial charge in [-0.05, 0) is 5.46 Å². The molecule has 0 radical (unpaired) electrons. The van der Waals surface area contributed by atoms with Crippen LogP contribution >= 0.6 is 11.3 Å². The molecule has 4 N–H and O–H groups in total. The van der Waals surface area contributed by atoms with Gasteiger partial charge in [0.1, 0.15) is 5.01 Å². The van der Waals surface area contributed by atoms with Gasteiger partial charge in [-0.15, -0.1) is 10.2 Å². The molecule has 2 rings (SSSR count). The van der Waals surface area contributed by atoms with E-state index in [9.17, 15) is 0 Å². The third kappa shape index (κ3) is 2.15. The second-order valence-electron chi connectivity index (χ2n) is 2.94. The number of nitrogens with zero attached hydrogens (tertiary/aromatic N) is 2. The fourth-order valence-corrected chi connectivity index (χ4v) is 1.76. The average molecular weight is 221 g/mol. The maximum absolute atomic E-state index is 8.90. The van der Waals surface area contributed by atoms with Crippen molar-refractivity contribution in [2.24, 2.45) is 0 Å². The maximum Gasteiger partial charge on any atom is 0.488 e. The van der Waals surface area contributed by atoms with E-state index in [4.69, 9.17) is 15.8 Å². The van der Waals surface area contributed by atoms with E-state index in [1.165, 1.54) is 11.3 Å². The van der Waals surface area contributed by atoms with Crippen molar-refractivity contribution in [1.29, 1.82) is 0 Å². The molecule has 5 nitrogen and oxygen atoms in total. The van der Waals surface area contributed by atoms with Crippen LogP contribution in [0.2, 0.25) is 0 Å². The third-order valence-electron chi connectivity index (χ3n) is 1.90. The summed E-state index contributed by atoms with van der Waals surface area (Å²) in [6, 6.07) is 6.73. The molecule has 0 saturated heterocycles. The van der Waals surface area contributed by atoms with Crippen LogP contribution in [-0.2, 0) is 0 Å². The molecule has 0 bridgehead atoms. The van der Waals surface area contributed by atoms with E-state index >= 15 is 0 Å². The van der Waals surface area contributed by atoms with Crippen molar-refractivity contribution in [3.8, 4) is 10.6 Å². The Balaban J connectivity index is 2.31. The van der Waals surface area contributed by atoms with E-state index in [2.05, 4.69) is 10.2 Å². The van der Waals surface area contributed by atoms with Crippen LogP contribution in [0.25, 0.3) is 10.6 Å². The van der Waals surface area contributed by atoms with Crippen LogP contribution in [-0.4, -0.2) is 27.4 Å². The molecular weight excluding hydrogens is 213 g/mol. The topological polar surface area (TPSA) is 92.3 Å². The number of hydrogen-bond acceptors (Lipinski definition) is 6. The summed E-state index contributed by atoms with van der Waals surface area (Å²) in [5, 5.41) is 26.5. The van der Waals surface area contributed by atoms with Gasteiger partial charge in [-0.1, -0.05) is 35.6 Å². The lowest BCUT2D eigenvalue weighted by Crippen LogP contribution is -2.29. The Morgan fingerprint density at radius 3 is 2.27 bits per heavy atom. The van der Waals surface area contributed by atoms with Crippen LogP contribution in [0.15, 0.2) is 24.3 Å². The molecule has 0 unspecified atom stereocenters. The molecule has 0 spiro atoms. The Morgan fingerprint density at radius 2 is 1.80 bits per heavy atom. The Kier molecular flexibility index (Phi) is 2.67. The Morgan fingerprint density at radius 1 is 1.13 bits per heavy atom. The smallest absolute Gasteiger partial charge is 0.423 e. The average Bonchev–Trinajstić information content (AvgIpc) is 2.65. The molecule has 2 aromatic rings. The van der Waals surface area contributed by atoms with Gasteiger partial charge in [0.2, 0.25) is 5.13 Å². The first-order valence-corrected chi connectivity index (χ1v) is 5.04. The Bertz CT molecular complexity index is 457. The van der Waals surface area contributed by atoms with E-state index in [0.29, 0.717) is 15.6 Å². The van der Waals surface area contributed by atoms with Crippen molar-refractivity contribution >= 4 is 29.0 Å². The summed E-state index contributed by atoms with van der Waals surface area (Å²) in [5.74, 6) is 0. The molecule has 1 heterocycles. The minimum Gasteiger partial charge on any atom is -0.423 e. The number of anilines is 1. The van der Waals surface area contributed by atoms with Crippen LogP contribution < -0.4 is 11.2 Å². The predicted octanol–water partition coefficient (Wildman–Crippen LogP) is -0.533. The first-order valence-electron chi connectivity index (χ1n) is 4.22. The summed E-state index contributed by atoms with van der Waals surface area (Å²) in [7, 11) is -1.45. The zero-order valence-electron chi connectivity index (χ0n) is 7.66. The number of nitrogens with two attached hydrogens (primary N) is 1. The second-order valence-corrected chi connectivity index (χ2v) is 3.95. The fraction of sp³-hybridized carbons (Fsp3) is 0. The van der Waals surface area contributed by atoms with E-state index in [1.54, 1.807) is 24.3 Å². The lowest BCUT2D eigenvalue weighted by Gasteiger charge is -1.99. The second kappa shape index (κ2) is 3.97. The minimum atomic E-state index is -1.45. The van der Waals surface area contributed by atoms with Gasteiger partial charge >= 0.3 is 7.12 Å². The molecule has 0 aliphatic rings. The van der Waals surface area contributed by atoms with Crippen LogP contribution in [0.4, 0.5) is 5.13 Å². The van der Waals surface area contributed by atoms with Crippen molar-refractivity contribution in [3.63, 3.8) is 0 Å². The highest BCUT2D eigenvalue weighted by Gasteiger charge is 2.11. The minimum absolute atomic E-state index is 0.413. The molecule has 0 amide bonds. The van der Waals surface area contributed by atoms with Gasteiger partial charge in [-0.3, -0.25) is 0 Å². The lowest BCUT2D eigenvalue weighted by atomic mass is 9.80. The summed E-state index contributed by atoms with van der Waals surface area (Å²) in [6.07, 6.45) is 0. The van der Waals surface area contributed by atoms with Crippen molar-refractivity contribution in [2.45, 2.75) is 0 Å². The normalized spacial score (nSPS) is 10.3. The monoisotopic (exact) mass is 221 g/mol. The lowest BCUT2D eigenvalue weighted by molar-refractivity contribution is 0.426. The highest BCUT2D eigenvalue weighted by Crippen LogP contribution is 2.23. The van der Waals surface area contributed by atoms with Gasteiger partial charge in [-0.2, -0.15) is 0 Å². The number of nitrogen functional groups attached to an aromatic ring is 1. The molecule has 1 aromatic heterocycles. The number of benzene rings is 1. The van der Waals surface area contributed by atoms with Crippen molar-refractivity contribution in [3.05, 3.63) is 24.3 Å². The highest BCUT2D eigenvalue weighted by atomic mass is 32.1. The summed E-state index contributed by atoms with van der Waals surface area (Å²) >= 11 is 1.29. The van der Waals surface area contributed by atoms with Crippen molar-refractivity contribution < 1.29 is 10.0 Å². The zero-order chi connectivity index (χ0) is 10.8. The molecule has 0 aliphatic carbocycles. The quantitative estimate of drug-likeness (QED) is 0.592. The molecular formula is C8H8BN3O2S. The van der Waals surface area contributed by atoms with Gasteiger partial charge in [0.25, 0.3) is 0 Å². The molecule has 0 aliphatic heterocycles.